The molecule has 1 aliphatic rings. The van der Waals surface area contributed by atoms with E-state index >= 15 is 0 Å². The maximum atomic E-state index is 10.8. The van der Waals surface area contributed by atoms with Crippen LogP contribution in [-0.4, -0.2) is 29.5 Å². The molecule has 1 fully saturated rings. The van der Waals surface area contributed by atoms with E-state index in [9.17, 15) is 10.1 Å². The van der Waals surface area contributed by atoms with Gasteiger partial charge < -0.3 is 0 Å². The van der Waals surface area contributed by atoms with E-state index in [1.54, 1.807) is 12.3 Å². The third kappa shape index (κ3) is 2.20. The van der Waals surface area contributed by atoms with Crippen molar-refractivity contribution in [3.63, 3.8) is 0 Å². The number of aromatic amines is 1. The Morgan fingerprint density at radius 2 is 2.20 bits per heavy atom. The van der Waals surface area contributed by atoms with Crippen molar-refractivity contribution in [1.29, 1.82) is 0 Å². The number of nitrogens with zero attached hydrogens (tertiary/aromatic N) is 2. The van der Waals surface area contributed by atoms with Crippen molar-refractivity contribution < 1.29 is 9.91 Å². The molecule has 1 aromatic heterocycles. The number of pyridine rings is 1. The fourth-order valence-corrected chi connectivity index (χ4v) is 2.51. The lowest BCUT2D eigenvalue weighted by atomic mass is 10.3. The molecule has 0 amide bonds. The molecule has 0 aromatic carbocycles. The monoisotopic (exact) mass is 226 g/mol. The number of nitro groups is 1. The van der Waals surface area contributed by atoms with Gasteiger partial charge in [-0.25, -0.2) is 4.98 Å². The Balaban J connectivity index is 2.29. The molecule has 1 saturated heterocycles. The van der Waals surface area contributed by atoms with Crippen molar-refractivity contribution in [1.82, 2.24) is 0 Å². The zero-order valence-electron chi connectivity index (χ0n) is 8.18. The molecule has 2 rings (SSSR count). The Labute approximate surface area is 91.6 Å². The van der Waals surface area contributed by atoms with Crippen LogP contribution in [-0.2, 0) is 0 Å². The van der Waals surface area contributed by atoms with Gasteiger partial charge in [-0.15, -0.1) is 0 Å². The molecule has 0 atom stereocenters. The number of nitrogens with one attached hydrogen (secondary N) is 1. The zero-order chi connectivity index (χ0) is 10.7. The summed E-state index contributed by atoms with van der Waals surface area (Å²) in [6.45, 7) is 1.73. The number of H-pyrrole nitrogens is 1. The van der Waals surface area contributed by atoms with Gasteiger partial charge in [-0.05, 0) is 6.07 Å². The number of hydrogen-bond acceptors (Lipinski definition) is 4. The predicted octanol–water partition coefficient (Wildman–Crippen LogP) is 0.962. The van der Waals surface area contributed by atoms with Crippen LogP contribution in [0.5, 0.6) is 0 Å². The molecule has 1 N–H and O–H groups in total. The fourth-order valence-electron chi connectivity index (χ4n) is 1.61. The molecule has 5 nitrogen and oxygen atoms in total. The zero-order valence-corrected chi connectivity index (χ0v) is 9.00. The van der Waals surface area contributed by atoms with Crippen molar-refractivity contribution in [3.8, 4) is 0 Å². The van der Waals surface area contributed by atoms with E-state index in [1.807, 2.05) is 16.7 Å². The Hall–Kier alpha value is -1.30. The average molecular weight is 226 g/mol. The quantitative estimate of drug-likeness (QED) is 0.556. The van der Waals surface area contributed by atoms with E-state index in [2.05, 4.69) is 4.98 Å². The molecule has 0 unspecified atom stereocenters. The highest BCUT2D eigenvalue weighted by atomic mass is 32.2. The molecule has 1 aliphatic heterocycles. The van der Waals surface area contributed by atoms with Crippen LogP contribution >= 0.6 is 11.8 Å². The first kappa shape index (κ1) is 10.2. The molecule has 0 radical (unpaired) electrons. The summed E-state index contributed by atoms with van der Waals surface area (Å²) in [5.74, 6) is 2.68. The van der Waals surface area contributed by atoms with Crippen LogP contribution in [0.2, 0.25) is 0 Å². The third-order valence-corrected chi connectivity index (χ3v) is 3.28. The summed E-state index contributed by atoms with van der Waals surface area (Å²) in [6, 6.07) is 3.19. The van der Waals surface area contributed by atoms with E-state index < -0.39 is 0 Å². The van der Waals surface area contributed by atoms with Crippen LogP contribution < -0.4 is 9.88 Å². The normalized spacial score (nSPS) is 16.4. The predicted molar refractivity (Wildman–Crippen MR) is 59.2 cm³/mol. The van der Waals surface area contributed by atoms with Crippen LogP contribution in [0.3, 0.4) is 0 Å². The van der Waals surface area contributed by atoms with Gasteiger partial charge in [0.15, 0.2) is 0 Å². The van der Waals surface area contributed by atoms with Crippen LogP contribution in [0, 0.1) is 10.1 Å². The largest absolute Gasteiger partial charge is 0.357 e. The average Bonchev–Trinajstić information content (AvgIpc) is 2.30. The molecule has 0 spiro atoms. The number of hydrogen-bond donors (Lipinski definition) is 0. The van der Waals surface area contributed by atoms with E-state index in [-0.39, 0.29) is 10.6 Å². The minimum Gasteiger partial charge on any atom is -0.258 e. The highest BCUT2D eigenvalue weighted by Gasteiger charge is 2.28. The summed E-state index contributed by atoms with van der Waals surface area (Å²) >= 11 is 1.88. The summed E-state index contributed by atoms with van der Waals surface area (Å²) in [4.78, 5) is 15.5. The molecule has 2 heterocycles. The van der Waals surface area contributed by atoms with Crippen molar-refractivity contribution in [2.24, 2.45) is 0 Å². The van der Waals surface area contributed by atoms with E-state index in [1.165, 1.54) is 6.07 Å². The minimum atomic E-state index is -0.340. The fraction of sp³-hybridized carbons (Fsp3) is 0.444. The lowest BCUT2D eigenvalue weighted by Gasteiger charge is -2.19. The highest BCUT2D eigenvalue weighted by Crippen LogP contribution is 2.24. The summed E-state index contributed by atoms with van der Waals surface area (Å²) in [5.41, 5.74) is 0.157. The van der Waals surface area contributed by atoms with Gasteiger partial charge in [0.2, 0.25) is 0 Å². The van der Waals surface area contributed by atoms with E-state index in [0.717, 1.165) is 24.6 Å². The molecule has 15 heavy (non-hydrogen) atoms. The lowest BCUT2D eigenvalue weighted by molar-refractivity contribution is -0.411. The molecular weight excluding hydrogens is 214 g/mol. The standard InChI is InChI=1S/C9H11N3O2S/c13-12(14)8-2-1-3-10-9(8)11-4-6-15-7-5-11/h1-3H,4-7H2/p+1. The van der Waals surface area contributed by atoms with Gasteiger partial charge in [-0.1, -0.05) is 0 Å². The van der Waals surface area contributed by atoms with E-state index in [4.69, 9.17) is 0 Å². The molecule has 0 aliphatic carbocycles. The van der Waals surface area contributed by atoms with Gasteiger partial charge in [0.05, 0.1) is 24.2 Å². The Bertz CT molecular complexity index is 366. The topological polar surface area (TPSA) is 60.5 Å². The van der Waals surface area contributed by atoms with Gasteiger partial charge in [0.25, 0.3) is 0 Å². The minimum absolute atomic E-state index is 0.157. The Morgan fingerprint density at radius 1 is 1.47 bits per heavy atom. The number of aromatic nitrogens is 1. The summed E-state index contributed by atoms with van der Waals surface area (Å²) in [7, 11) is 0. The first-order chi connectivity index (χ1) is 7.29. The molecule has 6 heteroatoms. The first-order valence-electron chi connectivity index (χ1n) is 4.77. The van der Waals surface area contributed by atoms with Crippen LogP contribution in [0.25, 0.3) is 0 Å². The van der Waals surface area contributed by atoms with Crippen LogP contribution in [0.15, 0.2) is 18.3 Å². The van der Waals surface area contributed by atoms with Gasteiger partial charge in [0.1, 0.15) is 0 Å². The van der Waals surface area contributed by atoms with E-state index in [0.29, 0.717) is 5.82 Å². The summed E-state index contributed by atoms with van der Waals surface area (Å²) in [5, 5.41) is 10.8. The molecule has 80 valence electrons. The highest BCUT2D eigenvalue weighted by molar-refractivity contribution is 7.99. The maximum absolute atomic E-state index is 10.8. The molecule has 0 saturated carbocycles. The van der Waals surface area contributed by atoms with Crippen molar-refractivity contribution in [3.05, 3.63) is 28.4 Å². The molecule has 1 aromatic rings. The number of anilines is 1. The lowest BCUT2D eigenvalue weighted by Crippen LogP contribution is -2.36. The second-order valence-electron chi connectivity index (χ2n) is 3.26. The van der Waals surface area contributed by atoms with Crippen molar-refractivity contribution in [2.75, 3.05) is 29.5 Å². The molecular formula is C9H12N3O2S+. The Morgan fingerprint density at radius 3 is 2.87 bits per heavy atom. The maximum Gasteiger partial charge on any atom is 0.357 e. The first-order valence-corrected chi connectivity index (χ1v) is 5.92. The van der Waals surface area contributed by atoms with Gasteiger partial charge in [0, 0.05) is 17.6 Å². The van der Waals surface area contributed by atoms with Crippen LogP contribution in [0.1, 0.15) is 0 Å². The van der Waals surface area contributed by atoms with Crippen LogP contribution in [0.4, 0.5) is 11.5 Å². The van der Waals surface area contributed by atoms with Crippen molar-refractivity contribution in [2.45, 2.75) is 0 Å². The number of rotatable bonds is 2. The summed E-state index contributed by atoms with van der Waals surface area (Å²) < 4.78 is 0. The SMILES string of the molecule is O=[N+]([O-])c1ccc[nH+]c1N1CCSCC1. The van der Waals surface area contributed by atoms with Gasteiger partial charge in [-0.2, -0.15) is 11.8 Å². The number of thioether (sulfide) groups is 1. The third-order valence-electron chi connectivity index (χ3n) is 2.34. The van der Waals surface area contributed by atoms with Gasteiger partial charge >= 0.3 is 11.5 Å². The summed E-state index contributed by atoms with van der Waals surface area (Å²) in [6.07, 6.45) is 1.73. The second-order valence-corrected chi connectivity index (χ2v) is 4.49. The van der Waals surface area contributed by atoms with Gasteiger partial charge in [-0.3, -0.25) is 15.0 Å². The smallest absolute Gasteiger partial charge is 0.258 e. The van der Waals surface area contributed by atoms with Crippen molar-refractivity contribution >= 4 is 23.3 Å². The Kier molecular flexibility index (Phi) is 3.05. The molecule has 0 bridgehead atoms. The second kappa shape index (κ2) is 4.48.